The molecule has 0 fully saturated rings. The maximum atomic E-state index is 13.1. The van der Waals surface area contributed by atoms with Gasteiger partial charge in [-0.05, 0) is 32.0 Å². The smallest absolute Gasteiger partial charge is 0.254 e. The van der Waals surface area contributed by atoms with Gasteiger partial charge < -0.3 is 4.90 Å². The predicted molar refractivity (Wildman–Crippen MR) is 88.2 cm³/mol. The zero-order valence-corrected chi connectivity index (χ0v) is 13.3. The summed E-state index contributed by atoms with van der Waals surface area (Å²) in [7, 11) is 0. The van der Waals surface area contributed by atoms with E-state index in [0.717, 1.165) is 45.4 Å². The summed E-state index contributed by atoms with van der Waals surface area (Å²) in [6.45, 7) is 5.29. The molecule has 0 aliphatic carbocycles. The topological polar surface area (TPSA) is 61.9 Å². The van der Waals surface area contributed by atoms with Gasteiger partial charge in [0.1, 0.15) is 0 Å². The SMILES string of the molecule is Cc1ccc2nc(C)cc(C(=O)N3CCc4[nH]ncc4C3)c2c1. The predicted octanol–water partition coefficient (Wildman–Crippen LogP) is 2.77. The van der Waals surface area contributed by atoms with Crippen molar-refractivity contribution in [3.63, 3.8) is 0 Å². The number of H-pyrrole nitrogens is 1. The summed E-state index contributed by atoms with van der Waals surface area (Å²) >= 11 is 0. The van der Waals surface area contributed by atoms with E-state index in [1.807, 2.05) is 49.2 Å². The number of hydrogen-bond donors (Lipinski definition) is 1. The molecule has 0 spiro atoms. The van der Waals surface area contributed by atoms with E-state index < -0.39 is 0 Å². The summed E-state index contributed by atoms with van der Waals surface area (Å²) in [5.41, 5.74) is 5.86. The minimum absolute atomic E-state index is 0.0675. The standard InChI is InChI=1S/C18H18N4O/c1-11-3-4-17-14(7-11)15(8-12(2)20-17)18(23)22-6-5-16-13(10-22)9-19-21-16/h3-4,7-9H,5-6,10H2,1-2H3,(H,19,21). The monoisotopic (exact) mass is 306 g/mol. The molecular formula is C18H18N4O. The Bertz CT molecular complexity index is 913. The van der Waals surface area contributed by atoms with Gasteiger partial charge in [0.05, 0.1) is 17.3 Å². The number of fused-ring (bicyclic) bond motifs is 2. The quantitative estimate of drug-likeness (QED) is 0.752. The molecule has 0 bridgehead atoms. The highest BCUT2D eigenvalue weighted by Crippen LogP contribution is 2.24. The van der Waals surface area contributed by atoms with Crippen molar-refractivity contribution in [2.75, 3.05) is 6.54 Å². The van der Waals surface area contributed by atoms with Gasteiger partial charge in [-0.2, -0.15) is 5.10 Å². The number of amides is 1. The Morgan fingerprint density at radius 2 is 2.13 bits per heavy atom. The molecular weight excluding hydrogens is 288 g/mol. The Morgan fingerprint density at radius 3 is 3.00 bits per heavy atom. The molecule has 116 valence electrons. The third-order valence-corrected chi connectivity index (χ3v) is 4.41. The van der Waals surface area contributed by atoms with Gasteiger partial charge in [-0.3, -0.25) is 14.9 Å². The minimum Gasteiger partial charge on any atom is -0.334 e. The average molecular weight is 306 g/mol. The van der Waals surface area contributed by atoms with Gasteiger partial charge in [-0.15, -0.1) is 0 Å². The number of aryl methyl sites for hydroxylation is 2. The van der Waals surface area contributed by atoms with Crippen LogP contribution in [0.3, 0.4) is 0 Å². The van der Waals surface area contributed by atoms with Crippen LogP contribution in [-0.4, -0.2) is 32.5 Å². The van der Waals surface area contributed by atoms with Gasteiger partial charge in [-0.1, -0.05) is 11.6 Å². The normalized spacial score (nSPS) is 14.1. The Kier molecular flexibility index (Phi) is 3.15. The summed E-state index contributed by atoms with van der Waals surface area (Å²) in [4.78, 5) is 19.5. The second kappa shape index (κ2) is 5.19. The molecule has 5 nitrogen and oxygen atoms in total. The highest BCUT2D eigenvalue weighted by atomic mass is 16.2. The van der Waals surface area contributed by atoms with Gasteiger partial charge in [0.2, 0.25) is 0 Å². The Balaban J connectivity index is 1.77. The molecule has 23 heavy (non-hydrogen) atoms. The van der Waals surface area contributed by atoms with Crippen molar-refractivity contribution in [2.45, 2.75) is 26.8 Å². The van der Waals surface area contributed by atoms with Crippen LogP contribution in [0, 0.1) is 13.8 Å². The second-order valence-corrected chi connectivity index (χ2v) is 6.18. The highest BCUT2D eigenvalue weighted by molar-refractivity contribution is 6.06. The van der Waals surface area contributed by atoms with E-state index >= 15 is 0 Å². The van der Waals surface area contributed by atoms with Crippen molar-refractivity contribution in [1.29, 1.82) is 0 Å². The molecule has 1 aromatic carbocycles. The first kappa shape index (κ1) is 13.9. The Morgan fingerprint density at radius 1 is 1.26 bits per heavy atom. The first-order chi connectivity index (χ1) is 11.1. The number of pyridine rings is 1. The molecule has 3 aromatic rings. The van der Waals surface area contributed by atoms with Crippen molar-refractivity contribution in [1.82, 2.24) is 20.1 Å². The van der Waals surface area contributed by atoms with Crippen molar-refractivity contribution in [3.8, 4) is 0 Å². The molecule has 2 aromatic heterocycles. The molecule has 3 heterocycles. The Hall–Kier alpha value is -2.69. The minimum atomic E-state index is 0.0675. The number of carbonyl (C=O) groups excluding carboxylic acids is 1. The van der Waals surface area contributed by atoms with E-state index in [9.17, 15) is 4.79 Å². The maximum absolute atomic E-state index is 13.1. The number of carbonyl (C=O) groups is 1. The molecule has 0 atom stereocenters. The summed E-state index contributed by atoms with van der Waals surface area (Å²) in [6.07, 6.45) is 2.64. The third kappa shape index (κ3) is 2.38. The summed E-state index contributed by atoms with van der Waals surface area (Å²) < 4.78 is 0. The van der Waals surface area contributed by atoms with Gasteiger partial charge in [0.25, 0.3) is 5.91 Å². The first-order valence-corrected chi connectivity index (χ1v) is 7.80. The van der Waals surface area contributed by atoms with Gasteiger partial charge >= 0.3 is 0 Å². The fourth-order valence-corrected chi connectivity index (χ4v) is 3.21. The zero-order valence-electron chi connectivity index (χ0n) is 13.3. The number of nitrogens with one attached hydrogen (secondary N) is 1. The summed E-state index contributed by atoms with van der Waals surface area (Å²) in [6, 6.07) is 7.96. The van der Waals surface area contributed by atoms with Crippen molar-refractivity contribution in [3.05, 3.63) is 58.5 Å². The fourth-order valence-electron chi connectivity index (χ4n) is 3.21. The maximum Gasteiger partial charge on any atom is 0.254 e. The molecule has 1 aliphatic rings. The van der Waals surface area contributed by atoms with Crippen LogP contribution in [0.5, 0.6) is 0 Å². The number of aromatic amines is 1. The van der Waals surface area contributed by atoms with E-state index in [4.69, 9.17) is 0 Å². The lowest BCUT2D eigenvalue weighted by Gasteiger charge is -2.27. The largest absolute Gasteiger partial charge is 0.334 e. The lowest BCUT2D eigenvalue weighted by Crippen LogP contribution is -2.35. The number of benzene rings is 1. The lowest BCUT2D eigenvalue weighted by molar-refractivity contribution is 0.0736. The molecule has 1 N–H and O–H groups in total. The summed E-state index contributed by atoms with van der Waals surface area (Å²) in [5.74, 6) is 0.0675. The van der Waals surface area contributed by atoms with Crippen LogP contribution in [0.2, 0.25) is 0 Å². The lowest BCUT2D eigenvalue weighted by atomic mass is 10.0. The number of aromatic nitrogens is 3. The molecule has 0 saturated carbocycles. The molecule has 0 saturated heterocycles. The average Bonchev–Trinajstić information content (AvgIpc) is 3.01. The fraction of sp³-hybridized carbons (Fsp3) is 0.278. The van der Waals surface area contributed by atoms with Crippen LogP contribution in [0.4, 0.5) is 0 Å². The van der Waals surface area contributed by atoms with Crippen LogP contribution in [0.15, 0.2) is 30.5 Å². The molecule has 4 rings (SSSR count). The molecule has 0 unspecified atom stereocenters. The van der Waals surface area contributed by atoms with Crippen molar-refractivity contribution in [2.24, 2.45) is 0 Å². The van der Waals surface area contributed by atoms with Crippen LogP contribution in [-0.2, 0) is 13.0 Å². The second-order valence-electron chi connectivity index (χ2n) is 6.18. The van der Waals surface area contributed by atoms with Crippen molar-refractivity contribution >= 4 is 16.8 Å². The molecule has 5 heteroatoms. The zero-order chi connectivity index (χ0) is 16.0. The van der Waals surface area contributed by atoms with Crippen LogP contribution in [0.25, 0.3) is 10.9 Å². The van der Waals surface area contributed by atoms with E-state index in [1.54, 1.807) is 0 Å². The number of hydrogen-bond acceptors (Lipinski definition) is 3. The summed E-state index contributed by atoms with van der Waals surface area (Å²) in [5, 5.41) is 8.01. The van der Waals surface area contributed by atoms with E-state index in [0.29, 0.717) is 13.1 Å². The van der Waals surface area contributed by atoms with Crippen LogP contribution in [0.1, 0.15) is 32.9 Å². The number of rotatable bonds is 1. The molecule has 1 aliphatic heterocycles. The van der Waals surface area contributed by atoms with Crippen molar-refractivity contribution < 1.29 is 4.79 Å². The Labute approximate surface area is 134 Å². The van der Waals surface area contributed by atoms with Crippen LogP contribution >= 0.6 is 0 Å². The van der Waals surface area contributed by atoms with Crippen LogP contribution < -0.4 is 0 Å². The van der Waals surface area contributed by atoms with E-state index in [-0.39, 0.29) is 5.91 Å². The van der Waals surface area contributed by atoms with Gasteiger partial charge in [-0.25, -0.2) is 0 Å². The van der Waals surface area contributed by atoms with E-state index in [2.05, 4.69) is 15.2 Å². The van der Waals surface area contributed by atoms with Gasteiger partial charge in [0, 0.05) is 41.8 Å². The molecule has 1 amide bonds. The highest BCUT2D eigenvalue weighted by Gasteiger charge is 2.24. The number of nitrogens with zero attached hydrogens (tertiary/aromatic N) is 3. The third-order valence-electron chi connectivity index (χ3n) is 4.41. The first-order valence-electron chi connectivity index (χ1n) is 7.80. The molecule has 0 radical (unpaired) electrons. The van der Waals surface area contributed by atoms with E-state index in [1.165, 1.54) is 0 Å². The van der Waals surface area contributed by atoms with Gasteiger partial charge in [0.15, 0.2) is 0 Å².